The first-order valence-corrected chi connectivity index (χ1v) is 20.0. The van der Waals surface area contributed by atoms with Crippen LogP contribution in [0.1, 0.15) is 114 Å². The van der Waals surface area contributed by atoms with Gasteiger partial charge in [0.05, 0.1) is 0 Å². The summed E-state index contributed by atoms with van der Waals surface area (Å²) in [5, 5.41) is 7.33. The summed E-state index contributed by atoms with van der Waals surface area (Å²) in [7, 11) is 0. The van der Waals surface area contributed by atoms with Gasteiger partial charge >= 0.3 is 120 Å². The maximum atomic E-state index is 5.86. The minimum Gasteiger partial charge on any atom is -1.00 e. The first kappa shape index (κ1) is 42.8. The average molecular weight is 848 g/mol. The number of fused-ring (bicyclic) bond motifs is 5. The number of halogens is 4. The second-order valence-corrected chi connectivity index (χ2v) is 19.1. The molecule has 0 bridgehead atoms. The van der Waals surface area contributed by atoms with Crippen LogP contribution >= 0.6 is 23.2 Å². The average Bonchev–Trinajstić information content (AvgIpc) is 3.77. The van der Waals surface area contributed by atoms with Gasteiger partial charge in [0.15, 0.2) is 0 Å². The van der Waals surface area contributed by atoms with Crippen molar-refractivity contribution in [1.82, 2.24) is 0 Å². The molecule has 0 nitrogen and oxygen atoms in total. The van der Waals surface area contributed by atoms with Crippen LogP contribution in [0, 0.1) is 0 Å². The predicted molar refractivity (Wildman–Crippen MR) is 216 cm³/mol. The van der Waals surface area contributed by atoms with Crippen LogP contribution in [0.2, 0.25) is 10.0 Å². The summed E-state index contributed by atoms with van der Waals surface area (Å²) in [6, 6.07) is 38.5. The van der Waals surface area contributed by atoms with Gasteiger partial charge in [0.1, 0.15) is 0 Å². The maximum absolute atomic E-state index is 5.86. The van der Waals surface area contributed by atoms with Crippen LogP contribution in [-0.4, -0.2) is 3.21 Å². The molecule has 52 heavy (non-hydrogen) atoms. The maximum Gasteiger partial charge on any atom is -0.172 e. The molecular weight excluding hydrogens is 798 g/mol. The topological polar surface area (TPSA) is 0 Å². The Morgan fingerprint density at radius 1 is 0.519 bits per heavy atom. The van der Waals surface area contributed by atoms with Crippen molar-refractivity contribution in [3.63, 3.8) is 0 Å². The number of hydrogen-bond acceptors (Lipinski definition) is 0. The fraction of sp³-hybridized carbons (Fsp3) is 0.340. The summed E-state index contributed by atoms with van der Waals surface area (Å²) in [4.78, 5) is 0. The largest absolute Gasteiger partial charge is 1.00 e. The Morgan fingerprint density at radius 2 is 0.827 bits per heavy atom. The Labute approximate surface area is 349 Å². The molecule has 0 N–H and O–H groups in total. The minimum absolute atomic E-state index is 0. The van der Waals surface area contributed by atoms with Crippen molar-refractivity contribution in [2.75, 3.05) is 0 Å². The van der Waals surface area contributed by atoms with E-state index >= 15 is 0 Å². The van der Waals surface area contributed by atoms with Crippen LogP contribution in [0.5, 0.6) is 0 Å². The molecule has 0 aliphatic heterocycles. The molecule has 2 aliphatic rings. The third kappa shape index (κ3) is 8.93. The predicted octanol–water partition coefficient (Wildman–Crippen LogP) is 7.93. The first-order valence-electron chi connectivity index (χ1n) is 18.0. The summed E-state index contributed by atoms with van der Waals surface area (Å²) < 4.78 is 1.31. The summed E-state index contributed by atoms with van der Waals surface area (Å²) >= 11 is 13.1. The molecule has 0 spiro atoms. The van der Waals surface area contributed by atoms with Crippen molar-refractivity contribution in [2.24, 2.45) is 0 Å². The van der Waals surface area contributed by atoms with E-state index in [9.17, 15) is 0 Å². The number of rotatable bonds is 2. The van der Waals surface area contributed by atoms with Crippen LogP contribution in [-0.2, 0) is 45.9 Å². The molecule has 6 aromatic rings. The van der Waals surface area contributed by atoms with Crippen LogP contribution in [0.25, 0.3) is 21.5 Å². The molecule has 0 saturated carbocycles. The Morgan fingerprint density at radius 3 is 1.12 bits per heavy atom. The van der Waals surface area contributed by atoms with E-state index < -0.39 is 0 Å². The Kier molecular flexibility index (Phi) is 13.5. The van der Waals surface area contributed by atoms with E-state index in [1.807, 2.05) is 78.9 Å². The van der Waals surface area contributed by atoms with Crippen molar-refractivity contribution in [3.05, 3.63) is 153 Å². The van der Waals surface area contributed by atoms with Crippen LogP contribution in [0.4, 0.5) is 0 Å². The van der Waals surface area contributed by atoms with E-state index in [2.05, 4.69) is 85.7 Å². The summed E-state index contributed by atoms with van der Waals surface area (Å²) in [6.45, 7) is 19.5. The van der Waals surface area contributed by atoms with Crippen molar-refractivity contribution in [3.8, 4) is 0 Å². The molecule has 0 radical (unpaired) electrons. The molecule has 0 amide bonds. The molecular formula is C47H50Cl4Zr-2. The third-order valence-electron chi connectivity index (χ3n) is 11.5. The molecule has 272 valence electrons. The fourth-order valence-corrected chi connectivity index (χ4v) is 8.93. The van der Waals surface area contributed by atoms with Gasteiger partial charge in [-0.3, -0.25) is 0 Å². The Hall–Kier alpha value is -1.99. The van der Waals surface area contributed by atoms with Gasteiger partial charge in [0.2, 0.25) is 0 Å². The quantitative estimate of drug-likeness (QED) is 0.156. The van der Waals surface area contributed by atoms with Crippen LogP contribution < -0.4 is 24.8 Å². The molecule has 6 aromatic carbocycles. The van der Waals surface area contributed by atoms with Gasteiger partial charge in [-0.2, -0.15) is 18.2 Å². The Bertz CT molecular complexity index is 1970. The van der Waals surface area contributed by atoms with E-state index in [4.69, 9.17) is 23.2 Å². The number of benzene rings is 4. The second kappa shape index (κ2) is 16.4. The van der Waals surface area contributed by atoms with Crippen molar-refractivity contribution < 1.29 is 49.0 Å². The van der Waals surface area contributed by atoms with E-state index in [0.717, 1.165) is 10.0 Å². The van der Waals surface area contributed by atoms with Gasteiger partial charge in [0, 0.05) is 0 Å². The van der Waals surface area contributed by atoms with Gasteiger partial charge < -0.3 is 24.8 Å². The molecule has 0 heterocycles. The second-order valence-electron chi connectivity index (χ2n) is 17.0. The molecule has 8 rings (SSSR count). The fourth-order valence-electron chi connectivity index (χ4n) is 7.85. The molecule has 0 atom stereocenters. The van der Waals surface area contributed by atoms with Gasteiger partial charge in [0.25, 0.3) is 0 Å². The monoisotopic (exact) mass is 844 g/mol. The zero-order chi connectivity index (χ0) is 36.1. The third-order valence-corrected chi connectivity index (χ3v) is 13.4. The van der Waals surface area contributed by atoms with Gasteiger partial charge in [-0.1, -0.05) is 89.8 Å². The SMILES string of the molecule is CC1(C)CCC(C)(C)c2cc3c(cc21)[cH-]c1cc2c(cc13)C(C)(C)CCC2(C)C.Clc1ccc([C](=[Zr+2])c2ccc(Cl)cc2)cc1.[Cl-].[Cl-].c1cc[cH-]c1. The van der Waals surface area contributed by atoms with E-state index in [1.165, 1.54) is 85.8 Å². The number of hydrogen-bond donors (Lipinski definition) is 0. The smallest absolute Gasteiger partial charge is 0.172 e. The van der Waals surface area contributed by atoms with E-state index in [1.54, 1.807) is 22.3 Å². The molecule has 0 aromatic heterocycles. The van der Waals surface area contributed by atoms with Crippen molar-refractivity contribution in [1.29, 1.82) is 0 Å². The zero-order valence-electron chi connectivity index (χ0n) is 31.7. The van der Waals surface area contributed by atoms with Gasteiger partial charge in [-0.05, 0) is 47.3 Å². The normalized spacial score (nSPS) is 17.2. The van der Waals surface area contributed by atoms with E-state index in [-0.39, 0.29) is 46.5 Å². The van der Waals surface area contributed by atoms with Crippen molar-refractivity contribution in [2.45, 2.75) is 103 Å². The zero-order valence-corrected chi connectivity index (χ0v) is 37.2. The molecule has 0 unspecified atom stereocenters. The molecule has 5 heteroatoms. The molecule has 0 saturated heterocycles. The summed E-state index contributed by atoms with van der Waals surface area (Å²) in [5.74, 6) is 0. The van der Waals surface area contributed by atoms with Crippen molar-refractivity contribution >= 4 is 48.0 Å². The van der Waals surface area contributed by atoms with Crippen LogP contribution in [0.15, 0.2) is 109 Å². The Balaban J connectivity index is 0.000000221. The van der Waals surface area contributed by atoms with E-state index in [0.29, 0.717) is 0 Å². The molecule has 0 fully saturated rings. The van der Waals surface area contributed by atoms with Gasteiger partial charge in [-0.25, -0.2) is 12.1 Å². The summed E-state index contributed by atoms with van der Waals surface area (Å²) in [5.41, 5.74) is 9.78. The summed E-state index contributed by atoms with van der Waals surface area (Å²) in [6.07, 6.45) is 5.09. The standard InChI is InChI=1S/C29H37.C13H8Cl2.C5H5.2ClH.Zr/c1-26(2)9-11-28(5,6)24-16-20-18(14-22(24)26)13-19-15-23-25(17-21(19)20)29(7,8)12-10-27(23,3)4;14-12-5-1-10(2-6-12)9-11-3-7-13(15)8-4-11;1-2-4-5-3-1;;;/h13-17H,9-12H2,1-8H3;1-8H;1-5H;2*1H;/q-1;;-1;;;+2/p-2. The van der Waals surface area contributed by atoms with Crippen LogP contribution in [0.3, 0.4) is 0 Å². The minimum atomic E-state index is 0. The first-order chi connectivity index (χ1) is 23.5. The van der Waals surface area contributed by atoms with Gasteiger partial charge in [-0.15, -0.1) is 39.7 Å². The molecule has 2 aliphatic carbocycles.